The van der Waals surface area contributed by atoms with E-state index >= 15 is 0 Å². The van der Waals surface area contributed by atoms with Gasteiger partial charge in [-0.15, -0.1) is 0 Å². The summed E-state index contributed by atoms with van der Waals surface area (Å²) in [6.45, 7) is 0. The van der Waals surface area contributed by atoms with Crippen molar-refractivity contribution in [2.75, 3.05) is 18.2 Å². The molecular weight excluding hydrogens is 354 g/mol. The molecule has 0 aliphatic carbocycles. The van der Waals surface area contributed by atoms with Gasteiger partial charge in [-0.2, -0.15) is 0 Å². The van der Waals surface area contributed by atoms with Crippen LogP contribution in [0.25, 0.3) is 0 Å². The van der Waals surface area contributed by atoms with Crippen LogP contribution in [0.5, 0.6) is 5.75 Å². The van der Waals surface area contributed by atoms with E-state index in [2.05, 4.69) is 21.2 Å². The minimum atomic E-state index is -0.570. The number of benzene rings is 2. The Balaban J connectivity index is 2.45. The number of hydrogen-bond donors (Lipinski definition) is 2. The number of ether oxygens (including phenoxy) is 1. The van der Waals surface area contributed by atoms with Crippen LogP contribution in [0.2, 0.25) is 5.02 Å². The second kappa shape index (κ2) is 5.85. The third-order valence-electron chi connectivity index (χ3n) is 2.59. The van der Waals surface area contributed by atoms with Crippen LogP contribution < -0.4 is 15.8 Å². The summed E-state index contributed by atoms with van der Waals surface area (Å²) in [5.41, 5.74) is 6.73. The second-order valence-electron chi connectivity index (χ2n) is 3.94. The maximum Gasteiger partial charge on any atom is 0.167 e. The fourth-order valence-electron chi connectivity index (χ4n) is 1.63. The Bertz CT molecular complexity index is 644. The SMILES string of the molecule is COc1cc(Nc2c(Cl)cc(F)cc2Br)c(N)cc1F. The predicted octanol–water partition coefficient (Wildman–Crippen LogP) is 4.72. The number of rotatable bonds is 3. The third kappa shape index (κ3) is 2.96. The van der Waals surface area contributed by atoms with Gasteiger partial charge in [0.2, 0.25) is 0 Å². The molecule has 0 aromatic heterocycles. The van der Waals surface area contributed by atoms with E-state index in [0.29, 0.717) is 15.8 Å². The first-order chi connectivity index (χ1) is 9.42. The third-order valence-corrected chi connectivity index (χ3v) is 3.51. The summed E-state index contributed by atoms with van der Waals surface area (Å²) >= 11 is 9.16. The molecule has 0 spiro atoms. The van der Waals surface area contributed by atoms with Crippen molar-refractivity contribution in [1.29, 1.82) is 0 Å². The molecule has 2 rings (SSSR count). The Morgan fingerprint density at radius 1 is 1.25 bits per heavy atom. The lowest BCUT2D eigenvalue weighted by molar-refractivity contribution is 0.387. The van der Waals surface area contributed by atoms with E-state index in [4.69, 9.17) is 22.1 Å². The average Bonchev–Trinajstić information content (AvgIpc) is 2.35. The van der Waals surface area contributed by atoms with Gasteiger partial charge in [0, 0.05) is 16.6 Å². The minimum Gasteiger partial charge on any atom is -0.494 e. The second-order valence-corrected chi connectivity index (χ2v) is 5.20. The molecular formula is C13H10BrClF2N2O. The Hall–Kier alpha value is -1.53. The van der Waals surface area contributed by atoms with Gasteiger partial charge < -0.3 is 15.8 Å². The monoisotopic (exact) mass is 362 g/mol. The molecule has 0 amide bonds. The largest absolute Gasteiger partial charge is 0.494 e. The molecule has 0 fully saturated rings. The molecule has 0 heterocycles. The van der Waals surface area contributed by atoms with Crippen molar-refractivity contribution in [1.82, 2.24) is 0 Å². The van der Waals surface area contributed by atoms with Gasteiger partial charge >= 0.3 is 0 Å². The van der Waals surface area contributed by atoms with E-state index < -0.39 is 11.6 Å². The van der Waals surface area contributed by atoms with E-state index in [0.717, 1.165) is 12.1 Å². The summed E-state index contributed by atoms with van der Waals surface area (Å²) in [6, 6.07) is 4.94. The zero-order valence-corrected chi connectivity index (χ0v) is 12.6. The Morgan fingerprint density at radius 2 is 1.95 bits per heavy atom. The number of hydrogen-bond acceptors (Lipinski definition) is 3. The molecule has 0 aliphatic rings. The summed E-state index contributed by atoms with van der Waals surface area (Å²) in [6.07, 6.45) is 0. The van der Waals surface area contributed by atoms with Crippen LogP contribution in [-0.4, -0.2) is 7.11 Å². The minimum absolute atomic E-state index is 0.0380. The summed E-state index contributed by atoms with van der Waals surface area (Å²) < 4.78 is 31.9. The van der Waals surface area contributed by atoms with Crippen molar-refractivity contribution >= 4 is 44.6 Å². The van der Waals surface area contributed by atoms with Gasteiger partial charge in [-0.25, -0.2) is 8.78 Å². The highest BCUT2D eigenvalue weighted by atomic mass is 79.9. The lowest BCUT2D eigenvalue weighted by Gasteiger charge is -2.14. The van der Waals surface area contributed by atoms with Crippen LogP contribution in [0.15, 0.2) is 28.7 Å². The van der Waals surface area contributed by atoms with Crippen molar-refractivity contribution < 1.29 is 13.5 Å². The van der Waals surface area contributed by atoms with Crippen LogP contribution in [0.3, 0.4) is 0 Å². The number of nitrogens with one attached hydrogen (secondary N) is 1. The van der Waals surface area contributed by atoms with Crippen LogP contribution in [0, 0.1) is 11.6 Å². The first-order valence-electron chi connectivity index (χ1n) is 5.47. The topological polar surface area (TPSA) is 47.3 Å². The Kier molecular flexibility index (Phi) is 4.35. The van der Waals surface area contributed by atoms with Crippen LogP contribution in [0.4, 0.5) is 25.8 Å². The maximum absolute atomic E-state index is 13.5. The van der Waals surface area contributed by atoms with Crippen molar-refractivity contribution in [2.24, 2.45) is 0 Å². The maximum atomic E-state index is 13.5. The zero-order valence-electron chi connectivity index (χ0n) is 10.3. The van der Waals surface area contributed by atoms with Gasteiger partial charge in [0.15, 0.2) is 11.6 Å². The van der Waals surface area contributed by atoms with Gasteiger partial charge in [0.25, 0.3) is 0 Å². The molecule has 106 valence electrons. The first-order valence-corrected chi connectivity index (χ1v) is 6.64. The first kappa shape index (κ1) is 14.9. The van der Waals surface area contributed by atoms with Gasteiger partial charge in [0.1, 0.15) is 5.82 Å². The molecule has 0 unspecified atom stereocenters. The van der Waals surface area contributed by atoms with Crippen LogP contribution >= 0.6 is 27.5 Å². The molecule has 3 N–H and O–H groups in total. The molecule has 20 heavy (non-hydrogen) atoms. The van der Waals surface area contributed by atoms with Gasteiger partial charge in [-0.05, 0) is 28.1 Å². The standard InChI is InChI=1S/C13H10BrClF2N2O/c1-20-12-5-11(10(18)4-9(12)17)19-13-7(14)2-6(16)3-8(13)15/h2-5,19H,18H2,1H3. The molecule has 0 aliphatic heterocycles. The summed E-state index contributed by atoms with van der Waals surface area (Å²) in [5.74, 6) is -1.01. The van der Waals surface area contributed by atoms with Crippen molar-refractivity contribution in [3.8, 4) is 5.75 Å². The molecule has 0 saturated carbocycles. The highest BCUT2D eigenvalue weighted by Crippen LogP contribution is 2.37. The molecule has 7 heteroatoms. The Labute approximate surface area is 127 Å². The van der Waals surface area contributed by atoms with Crippen LogP contribution in [-0.2, 0) is 0 Å². The Morgan fingerprint density at radius 3 is 2.55 bits per heavy atom. The lowest BCUT2D eigenvalue weighted by Crippen LogP contribution is -2.00. The smallest absolute Gasteiger partial charge is 0.167 e. The molecule has 0 bridgehead atoms. The highest BCUT2D eigenvalue weighted by molar-refractivity contribution is 9.10. The quantitative estimate of drug-likeness (QED) is 0.776. The number of halogens is 4. The van der Waals surface area contributed by atoms with Crippen LogP contribution in [0.1, 0.15) is 0 Å². The van der Waals surface area contributed by atoms with Gasteiger partial charge in [0.05, 0.1) is 29.2 Å². The van der Waals surface area contributed by atoms with E-state index in [1.54, 1.807) is 0 Å². The summed E-state index contributed by atoms with van der Waals surface area (Å²) in [4.78, 5) is 0. The molecule has 0 radical (unpaired) electrons. The van der Waals surface area contributed by atoms with Gasteiger partial charge in [-0.3, -0.25) is 0 Å². The number of methoxy groups -OCH3 is 1. The number of nitrogen functional groups attached to an aromatic ring is 1. The van der Waals surface area contributed by atoms with E-state index in [1.165, 1.54) is 19.2 Å². The zero-order chi connectivity index (χ0) is 14.9. The predicted molar refractivity (Wildman–Crippen MR) is 79.8 cm³/mol. The van der Waals surface area contributed by atoms with Crippen molar-refractivity contribution in [2.45, 2.75) is 0 Å². The highest BCUT2D eigenvalue weighted by Gasteiger charge is 2.13. The van der Waals surface area contributed by atoms with Crippen molar-refractivity contribution in [3.05, 3.63) is 45.4 Å². The van der Waals surface area contributed by atoms with E-state index in [9.17, 15) is 8.78 Å². The lowest BCUT2D eigenvalue weighted by atomic mass is 10.2. The van der Waals surface area contributed by atoms with Gasteiger partial charge in [-0.1, -0.05) is 11.6 Å². The summed E-state index contributed by atoms with van der Waals surface area (Å²) in [7, 11) is 1.35. The fraction of sp³-hybridized carbons (Fsp3) is 0.0769. The molecule has 3 nitrogen and oxygen atoms in total. The van der Waals surface area contributed by atoms with Crippen molar-refractivity contribution in [3.63, 3.8) is 0 Å². The molecule has 2 aromatic rings. The van der Waals surface area contributed by atoms with E-state index in [-0.39, 0.29) is 16.5 Å². The average molecular weight is 364 g/mol. The fourth-order valence-corrected chi connectivity index (χ4v) is 2.53. The number of anilines is 3. The summed E-state index contributed by atoms with van der Waals surface area (Å²) in [5, 5.41) is 3.09. The molecule has 2 aromatic carbocycles. The van der Waals surface area contributed by atoms with E-state index in [1.807, 2.05) is 0 Å². The normalized spacial score (nSPS) is 10.4. The molecule has 0 saturated heterocycles. The molecule has 0 atom stereocenters. The number of nitrogens with two attached hydrogens (primary N) is 1.